The lowest BCUT2D eigenvalue weighted by Crippen LogP contribution is -2.43. The number of aliphatic imine (C=N–C) groups is 1. The third kappa shape index (κ3) is 4.87. The van der Waals surface area contributed by atoms with Crippen LogP contribution in [-0.2, 0) is 24.8 Å². The minimum absolute atomic E-state index is 0.00563. The third-order valence-corrected chi connectivity index (χ3v) is 4.79. The van der Waals surface area contributed by atoms with Crippen molar-refractivity contribution in [3.63, 3.8) is 0 Å². The lowest BCUT2D eigenvalue weighted by Gasteiger charge is -2.27. The van der Waals surface area contributed by atoms with Gasteiger partial charge in [0.1, 0.15) is 5.76 Å². The molecule has 0 fully saturated rings. The molecule has 0 amide bonds. The largest absolute Gasteiger partial charge is 0.361 e. The second-order valence-electron chi connectivity index (χ2n) is 7.27. The number of hydrogen-bond donors (Lipinski definition) is 2. The van der Waals surface area contributed by atoms with Crippen molar-refractivity contribution in [2.75, 3.05) is 13.6 Å². The van der Waals surface area contributed by atoms with Crippen LogP contribution in [-0.4, -0.2) is 24.7 Å². The van der Waals surface area contributed by atoms with Crippen molar-refractivity contribution in [1.29, 1.82) is 0 Å². The molecule has 2 rings (SSSR count). The normalized spacial score (nSPS) is 12.3. The summed E-state index contributed by atoms with van der Waals surface area (Å²) in [7, 11) is 1.79. The fraction of sp³-hybridized carbons (Fsp3) is 0.524. The third-order valence-electron chi connectivity index (χ3n) is 4.79. The summed E-state index contributed by atoms with van der Waals surface area (Å²) >= 11 is 0. The van der Waals surface area contributed by atoms with Crippen LogP contribution in [0.2, 0.25) is 0 Å². The predicted molar refractivity (Wildman–Crippen MR) is 108 cm³/mol. The molecule has 5 heteroatoms. The molecule has 2 aromatic rings. The maximum Gasteiger partial charge on any atom is 0.191 e. The monoisotopic (exact) mass is 356 g/mol. The number of hydrogen-bond acceptors (Lipinski definition) is 3. The fourth-order valence-electron chi connectivity index (χ4n) is 2.94. The van der Waals surface area contributed by atoms with Gasteiger partial charge in [-0.1, -0.05) is 62.7 Å². The number of aromatic nitrogens is 1. The Hall–Kier alpha value is -2.30. The molecule has 26 heavy (non-hydrogen) atoms. The van der Waals surface area contributed by atoms with E-state index in [1.54, 1.807) is 7.05 Å². The molecule has 0 aliphatic heterocycles. The van der Waals surface area contributed by atoms with Gasteiger partial charge in [0, 0.05) is 37.5 Å². The molecular weight excluding hydrogens is 324 g/mol. The molecule has 0 aliphatic rings. The van der Waals surface area contributed by atoms with Crippen LogP contribution >= 0.6 is 0 Å². The smallest absolute Gasteiger partial charge is 0.191 e. The number of nitrogens with zero attached hydrogens (tertiary/aromatic N) is 2. The Morgan fingerprint density at radius 2 is 1.81 bits per heavy atom. The Balaban J connectivity index is 1.98. The molecule has 142 valence electrons. The number of nitrogens with one attached hydrogen (secondary N) is 2. The van der Waals surface area contributed by atoms with Crippen molar-refractivity contribution < 1.29 is 4.52 Å². The summed E-state index contributed by atoms with van der Waals surface area (Å²) < 4.78 is 5.43. The van der Waals surface area contributed by atoms with Crippen LogP contribution in [0, 0.1) is 6.92 Å². The molecule has 0 saturated heterocycles. The summed E-state index contributed by atoms with van der Waals surface area (Å²) in [5, 5.41) is 11.0. The summed E-state index contributed by atoms with van der Waals surface area (Å²) in [5.41, 5.74) is 4.76. The van der Waals surface area contributed by atoms with Gasteiger partial charge in [0.2, 0.25) is 0 Å². The standard InChI is InChI=1S/C21H32N4O/c1-7-18-17(19(8-2)26-25-18)13-23-20(22-6)24-14-21(4,5)16-11-9-15(3)10-12-16/h9-12H,7-8,13-14H2,1-6H3,(H2,22,23,24). The predicted octanol–water partition coefficient (Wildman–Crippen LogP) is 3.75. The molecule has 0 unspecified atom stereocenters. The molecule has 0 spiro atoms. The molecule has 1 aromatic heterocycles. The molecule has 0 saturated carbocycles. The molecular formula is C21H32N4O. The van der Waals surface area contributed by atoms with Gasteiger partial charge in [0.25, 0.3) is 0 Å². The number of rotatable bonds is 7. The summed E-state index contributed by atoms with van der Waals surface area (Å²) in [4.78, 5) is 4.35. The zero-order valence-electron chi connectivity index (χ0n) is 16.9. The quantitative estimate of drug-likeness (QED) is 0.586. The first kappa shape index (κ1) is 20.0. The Kier molecular flexibility index (Phi) is 6.83. The molecule has 2 N–H and O–H groups in total. The van der Waals surface area contributed by atoms with Crippen LogP contribution in [0.1, 0.15) is 55.8 Å². The highest BCUT2D eigenvalue weighted by Crippen LogP contribution is 2.22. The Morgan fingerprint density at radius 3 is 2.38 bits per heavy atom. The molecule has 0 atom stereocenters. The average Bonchev–Trinajstić information content (AvgIpc) is 3.04. The summed E-state index contributed by atoms with van der Waals surface area (Å²) in [5.74, 6) is 1.74. The summed E-state index contributed by atoms with van der Waals surface area (Å²) in [6, 6.07) is 8.72. The molecule has 0 aliphatic carbocycles. The van der Waals surface area contributed by atoms with Crippen molar-refractivity contribution in [2.24, 2.45) is 4.99 Å². The zero-order chi connectivity index (χ0) is 19.2. The van der Waals surface area contributed by atoms with Crippen LogP contribution in [0.25, 0.3) is 0 Å². The van der Waals surface area contributed by atoms with Crippen molar-refractivity contribution in [1.82, 2.24) is 15.8 Å². The van der Waals surface area contributed by atoms with E-state index in [1.165, 1.54) is 11.1 Å². The van der Waals surface area contributed by atoms with E-state index in [9.17, 15) is 0 Å². The highest BCUT2D eigenvalue weighted by Gasteiger charge is 2.21. The number of guanidine groups is 1. The second-order valence-corrected chi connectivity index (χ2v) is 7.27. The van der Waals surface area contributed by atoms with Gasteiger partial charge < -0.3 is 15.2 Å². The molecule has 1 heterocycles. The van der Waals surface area contributed by atoms with Crippen molar-refractivity contribution in [3.8, 4) is 0 Å². The van der Waals surface area contributed by atoms with E-state index in [4.69, 9.17) is 4.52 Å². The maximum atomic E-state index is 5.43. The van der Waals surface area contributed by atoms with E-state index in [-0.39, 0.29) is 5.41 Å². The fourth-order valence-corrected chi connectivity index (χ4v) is 2.94. The van der Waals surface area contributed by atoms with Gasteiger partial charge in [-0.3, -0.25) is 4.99 Å². The van der Waals surface area contributed by atoms with Gasteiger partial charge in [-0.2, -0.15) is 0 Å². The lowest BCUT2D eigenvalue weighted by molar-refractivity contribution is 0.380. The molecule has 5 nitrogen and oxygen atoms in total. The summed E-state index contributed by atoms with van der Waals surface area (Å²) in [6.45, 7) is 12.2. The highest BCUT2D eigenvalue weighted by atomic mass is 16.5. The van der Waals surface area contributed by atoms with E-state index in [2.05, 4.69) is 79.7 Å². The minimum Gasteiger partial charge on any atom is -0.361 e. The molecule has 1 aromatic carbocycles. The zero-order valence-corrected chi connectivity index (χ0v) is 16.9. The summed E-state index contributed by atoms with van der Waals surface area (Å²) in [6.07, 6.45) is 1.71. The van der Waals surface area contributed by atoms with Gasteiger partial charge >= 0.3 is 0 Å². The maximum absolute atomic E-state index is 5.43. The van der Waals surface area contributed by atoms with Crippen LogP contribution in [0.3, 0.4) is 0 Å². The second kappa shape index (κ2) is 8.88. The van der Waals surface area contributed by atoms with Crippen molar-refractivity contribution in [3.05, 3.63) is 52.4 Å². The number of aryl methyl sites for hydroxylation is 3. The van der Waals surface area contributed by atoms with Crippen LogP contribution in [0.5, 0.6) is 0 Å². The molecule has 0 radical (unpaired) electrons. The van der Waals surface area contributed by atoms with Gasteiger partial charge in [0.15, 0.2) is 5.96 Å². The van der Waals surface area contributed by atoms with Crippen LogP contribution in [0.15, 0.2) is 33.8 Å². The van der Waals surface area contributed by atoms with E-state index >= 15 is 0 Å². The van der Waals surface area contributed by atoms with Crippen molar-refractivity contribution in [2.45, 2.75) is 59.4 Å². The van der Waals surface area contributed by atoms with Gasteiger partial charge in [-0.15, -0.1) is 0 Å². The van der Waals surface area contributed by atoms with E-state index < -0.39 is 0 Å². The lowest BCUT2D eigenvalue weighted by atomic mass is 9.84. The van der Waals surface area contributed by atoms with Crippen LogP contribution in [0.4, 0.5) is 0 Å². The first-order valence-electron chi connectivity index (χ1n) is 9.39. The van der Waals surface area contributed by atoms with Crippen LogP contribution < -0.4 is 10.6 Å². The van der Waals surface area contributed by atoms with Crippen molar-refractivity contribution >= 4 is 5.96 Å². The Labute approximate surface area is 157 Å². The van der Waals surface area contributed by atoms with Gasteiger partial charge in [-0.05, 0) is 18.9 Å². The Morgan fingerprint density at radius 1 is 1.12 bits per heavy atom. The minimum atomic E-state index is 0.00563. The highest BCUT2D eigenvalue weighted by molar-refractivity contribution is 5.79. The first-order valence-corrected chi connectivity index (χ1v) is 9.39. The molecule has 0 bridgehead atoms. The first-order chi connectivity index (χ1) is 12.4. The topological polar surface area (TPSA) is 62.5 Å². The Bertz CT molecular complexity index is 707. The van der Waals surface area contributed by atoms with E-state index in [1.807, 2.05) is 0 Å². The average molecular weight is 357 g/mol. The SMILES string of the molecule is CCc1noc(CC)c1CNC(=NC)NCC(C)(C)c1ccc(C)cc1. The number of benzene rings is 1. The van der Waals surface area contributed by atoms with E-state index in [0.29, 0.717) is 6.54 Å². The van der Waals surface area contributed by atoms with Gasteiger partial charge in [0.05, 0.1) is 5.69 Å². The van der Waals surface area contributed by atoms with Gasteiger partial charge in [-0.25, -0.2) is 0 Å². The van der Waals surface area contributed by atoms with E-state index in [0.717, 1.165) is 42.4 Å².